The van der Waals surface area contributed by atoms with Gasteiger partial charge in [-0.1, -0.05) is 74.5 Å². The topological polar surface area (TPSA) is 38.0 Å². The molecule has 0 aliphatic heterocycles. The molecule has 0 bridgehead atoms. The molecule has 0 aliphatic rings. The Bertz CT molecular complexity index is 696. The number of hydrogen-bond acceptors (Lipinski definition) is 2. The predicted molar refractivity (Wildman–Crippen MR) is 111 cm³/mol. The number of nitrogens with one attached hydrogen (secondary N) is 1. The Morgan fingerprint density at radius 3 is 2.08 bits per heavy atom. The zero-order valence-electron chi connectivity index (χ0n) is 15.6. The van der Waals surface area contributed by atoms with Crippen LogP contribution in [-0.4, -0.2) is 6.04 Å². The molecule has 0 heterocycles. The molecular weight excluding hydrogens is 304 g/mol. The zero-order chi connectivity index (χ0) is 18.2. The van der Waals surface area contributed by atoms with Crippen LogP contribution in [0, 0.1) is 12.8 Å². The van der Waals surface area contributed by atoms with Gasteiger partial charge in [0.1, 0.15) is 0 Å². The van der Waals surface area contributed by atoms with Crippen LogP contribution in [0.4, 0.5) is 5.69 Å². The zero-order valence-corrected chi connectivity index (χ0v) is 15.6. The van der Waals surface area contributed by atoms with E-state index >= 15 is 0 Å². The summed E-state index contributed by atoms with van der Waals surface area (Å²) in [5.41, 5.74) is 11.8. The fraction of sp³-hybridized carbons (Fsp3) is 0.304. The standard InChI is InChI=1S/C23H30N2/c1-5-22(24)16-18(3)19(4)25-23-14-12-21(13-15-23)11-10-20-8-6-17(2)7-9-20/h6-15,18,22,25H,4-5,16,24H2,1-3H3/b11-10+/t18-,22+/m0/s1. The van der Waals surface area contributed by atoms with Gasteiger partial charge in [0, 0.05) is 17.4 Å². The molecule has 0 radical (unpaired) electrons. The van der Waals surface area contributed by atoms with Crippen molar-refractivity contribution in [2.24, 2.45) is 11.7 Å². The molecule has 132 valence electrons. The van der Waals surface area contributed by atoms with E-state index in [0.717, 1.165) is 24.2 Å². The van der Waals surface area contributed by atoms with Crippen LogP contribution < -0.4 is 11.1 Å². The van der Waals surface area contributed by atoms with Crippen molar-refractivity contribution in [3.05, 3.63) is 77.5 Å². The van der Waals surface area contributed by atoms with Crippen LogP contribution in [0.2, 0.25) is 0 Å². The largest absolute Gasteiger partial charge is 0.359 e. The van der Waals surface area contributed by atoms with Crippen molar-refractivity contribution in [3.63, 3.8) is 0 Å². The van der Waals surface area contributed by atoms with Crippen molar-refractivity contribution in [2.45, 2.75) is 39.7 Å². The molecule has 0 aromatic heterocycles. The van der Waals surface area contributed by atoms with Crippen molar-refractivity contribution >= 4 is 17.8 Å². The average molecular weight is 335 g/mol. The lowest BCUT2D eigenvalue weighted by Gasteiger charge is -2.20. The second-order valence-electron chi connectivity index (χ2n) is 6.82. The van der Waals surface area contributed by atoms with E-state index in [1.807, 2.05) is 0 Å². The second-order valence-corrected chi connectivity index (χ2v) is 6.82. The quantitative estimate of drug-likeness (QED) is 0.594. The first-order valence-corrected chi connectivity index (χ1v) is 9.04. The predicted octanol–water partition coefficient (Wildman–Crippen LogP) is 5.85. The molecule has 0 saturated heterocycles. The van der Waals surface area contributed by atoms with Gasteiger partial charge in [0.05, 0.1) is 0 Å². The number of aryl methyl sites for hydroxylation is 1. The second kappa shape index (κ2) is 9.24. The Hall–Kier alpha value is -2.32. The molecule has 2 rings (SSSR count). The molecule has 2 atom stereocenters. The van der Waals surface area contributed by atoms with Gasteiger partial charge in [-0.3, -0.25) is 0 Å². The van der Waals surface area contributed by atoms with Crippen LogP contribution in [0.1, 0.15) is 43.4 Å². The first-order valence-electron chi connectivity index (χ1n) is 9.04. The van der Waals surface area contributed by atoms with Crippen LogP contribution in [0.15, 0.2) is 60.8 Å². The van der Waals surface area contributed by atoms with E-state index in [1.165, 1.54) is 16.7 Å². The summed E-state index contributed by atoms with van der Waals surface area (Å²) >= 11 is 0. The Labute approximate surface area is 152 Å². The molecule has 0 saturated carbocycles. The van der Waals surface area contributed by atoms with Crippen molar-refractivity contribution in [3.8, 4) is 0 Å². The Balaban J connectivity index is 1.93. The summed E-state index contributed by atoms with van der Waals surface area (Å²) in [5.74, 6) is 0.357. The molecule has 25 heavy (non-hydrogen) atoms. The van der Waals surface area contributed by atoms with Gasteiger partial charge in [-0.15, -0.1) is 0 Å². The summed E-state index contributed by atoms with van der Waals surface area (Å²) in [5, 5.41) is 3.40. The van der Waals surface area contributed by atoms with E-state index in [0.29, 0.717) is 5.92 Å². The summed E-state index contributed by atoms with van der Waals surface area (Å²) in [7, 11) is 0. The number of hydrogen-bond donors (Lipinski definition) is 2. The molecule has 0 spiro atoms. The van der Waals surface area contributed by atoms with Crippen molar-refractivity contribution in [1.29, 1.82) is 0 Å². The summed E-state index contributed by atoms with van der Waals surface area (Å²) in [6, 6.07) is 17.2. The molecule has 2 aromatic rings. The third kappa shape index (κ3) is 6.24. The van der Waals surface area contributed by atoms with Gasteiger partial charge < -0.3 is 11.1 Å². The molecule has 2 aromatic carbocycles. The van der Waals surface area contributed by atoms with Crippen LogP contribution in [0.5, 0.6) is 0 Å². The Kier molecular flexibility index (Phi) is 7.03. The third-order valence-electron chi connectivity index (χ3n) is 4.54. The Morgan fingerprint density at radius 1 is 1.04 bits per heavy atom. The summed E-state index contributed by atoms with van der Waals surface area (Å²) in [4.78, 5) is 0. The van der Waals surface area contributed by atoms with E-state index in [2.05, 4.69) is 93.3 Å². The van der Waals surface area contributed by atoms with Gasteiger partial charge in [-0.2, -0.15) is 0 Å². The number of nitrogens with two attached hydrogens (primary N) is 1. The molecule has 0 fully saturated rings. The van der Waals surface area contributed by atoms with Gasteiger partial charge in [0.25, 0.3) is 0 Å². The lowest BCUT2D eigenvalue weighted by Crippen LogP contribution is -2.23. The highest BCUT2D eigenvalue weighted by Gasteiger charge is 2.11. The van der Waals surface area contributed by atoms with Crippen molar-refractivity contribution in [2.75, 3.05) is 5.32 Å². The van der Waals surface area contributed by atoms with Crippen molar-refractivity contribution in [1.82, 2.24) is 0 Å². The average Bonchev–Trinajstić information content (AvgIpc) is 2.62. The highest BCUT2D eigenvalue weighted by atomic mass is 14.9. The van der Waals surface area contributed by atoms with Crippen LogP contribution in [0.3, 0.4) is 0 Å². The normalized spacial score (nSPS) is 13.6. The highest BCUT2D eigenvalue weighted by Crippen LogP contribution is 2.20. The molecule has 2 nitrogen and oxygen atoms in total. The molecule has 2 heteroatoms. The van der Waals surface area contributed by atoms with Crippen LogP contribution in [0.25, 0.3) is 12.2 Å². The van der Waals surface area contributed by atoms with E-state index in [4.69, 9.17) is 5.73 Å². The lowest BCUT2D eigenvalue weighted by molar-refractivity contribution is 0.505. The van der Waals surface area contributed by atoms with Gasteiger partial charge in [0.15, 0.2) is 0 Å². The minimum atomic E-state index is 0.239. The maximum absolute atomic E-state index is 6.04. The minimum absolute atomic E-state index is 0.239. The number of anilines is 1. The van der Waals surface area contributed by atoms with Crippen LogP contribution in [-0.2, 0) is 0 Å². The first-order chi connectivity index (χ1) is 12.0. The van der Waals surface area contributed by atoms with E-state index in [9.17, 15) is 0 Å². The molecule has 3 N–H and O–H groups in total. The Morgan fingerprint density at radius 2 is 1.56 bits per heavy atom. The smallest absolute Gasteiger partial charge is 0.0382 e. The molecule has 0 amide bonds. The minimum Gasteiger partial charge on any atom is -0.359 e. The number of benzene rings is 2. The maximum atomic E-state index is 6.04. The fourth-order valence-electron chi connectivity index (χ4n) is 2.62. The van der Waals surface area contributed by atoms with Gasteiger partial charge in [-0.25, -0.2) is 0 Å². The fourth-order valence-corrected chi connectivity index (χ4v) is 2.62. The lowest BCUT2D eigenvalue weighted by atomic mass is 9.98. The number of allylic oxidation sites excluding steroid dienone is 1. The van der Waals surface area contributed by atoms with E-state index < -0.39 is 0 Å². The molecule has 0 aliphatic carbocycles. The van der Waals surface area contributed by atoms with Gasteiger partial charge in [-0.05, 0) is 48.9 Å². The van der Waals surface area contributed by atoms with E-state index in [-0.39, 0.29) is 6.04 Å². The van der Waals surface area contributed by atoms with E-state index in [1.54, 1.807) is 0 Å². The van der Waals surface area contributed by atoms with Gasteiger partial charge >= 0.3 is 0 Å². The number of rotatable bonds is 8. The third-order valence-corrected chi connectivity index (χ3v) is 4.54. The molecular formula is C23H30N2. The first kappa shape index (κ1) is 19.0. The summed E-state index contributed by atoms with van der Waals surface area (Å²) in [6.07, 6.45) is 6.22. The molecule has 0 unspecified atom stereocenters. The van der Waals surface area contributed by atoms with Crippen LogP contribution >= 0.6 is 0 Å². The maximum Gasteiger partial charge on any atom is 0.0382 e. The summed E-state index contributed by atoms with van der Waals surface area (Å²) in [6.45, 7) is 10.6. The SMILES string of the molecule is C=C(Nc1ccc(/C=C/c2ccc(C)cc2)cc1)[C@@H](C)C[C@H](N)CC. The highest BCUT2D eigenvalue weighted by molar-refractivity contribution is 5.70. The van der Waals surface area contributed by atoms with Gasteiger partial charge in [0.2, 0.25) is 0 Å². The van der Waals surface area contributed by atoms with Crippen molar-refractivity contribution < 1.29 is 0 Å². The summed E-state index contributed by atoms with van der Waals surface area (Å²) < 4.78 is 0. The monoisotopic (exact) mass is 334 g/mol.